The number of nitrogens with zero attached hydrogens (tertiary/aromatic N) is 2. The summed E-state index contributed by atoms with van der Waals surface area (Å²) in [5, 5.41) is 8.40. The van der Waals surface area contributed by atoms with Gasteiger partial charge in [-0.25, -0.2) is 0 Å². The van der Waals surface area contributed by atoms with Gasteiger partial charge >= 0.3 is 0 Å². The Morgan fingerprint density at radius 1 is 1.67 bits per heavy atom. The Balaban J connectivity index is 2.23. The molecule has 0 amide bonds. The molecule has 0 radical (unpaired) electrons. The van der Waals surface area contributed by atoms with Crippen LogP contribution in [0.4, 0.5) is 0 Å². The third kappa shape index (κ3) is 2.77. The Labute approximate surface area is 72.6 Å². The molecule has 0 spiro atoms. The number of nitrogens with one attached hydrogen (secondary N) is 1. The van der Waals surface area contributed by atoms with E-state index in [2.05, 4.69) is 17.1 Å². The second-order valence-corrected chi connectivity index (χ2v) is 2.87. The van der Waals surface area contributed by atoms with E-state index in [-0.39, 0.29) is 0 Å². The first kappa shape index (κ1) is 8.82. The predicted molar refractivity (Wildman–Crippen MR) is 47.6 cm³/mol. The molecule has 1 aromatic heterocycles. The van der Waals surface area contributed by atoms with Crippen LogP contribution >= 0.6 is 0 Å². The van der Waals surface area contributed by atoms with Gasteiger partial charge in [0.15, 0.2) is 0 Å². The molecule has 0 atom stereocenters. The van der Waals surface area contributed by atoms with E-state index in [1.165, 1.54) is 5.56 Å². The fraction of sp³-hybridized carbons (Fsp3) is 0.444. The van der Waals surface area contributed by atoms with Crippen LogP contribution in [0, 0.1) is 11.3 Å². The zero-order chi connectivity index (χ0) is 8.81. The SMILES string of the molecule is CN(CC#N)CCc1cc[nH]c1. The van der Waals surface area contributed by atoms with Gasteiger partial charge in [0.25, 0.3) is 0 Å². The van der Waals surface area contributed by atoms with E-state index in [4.69, 9.17) is 5.26 Å². The Morgan fingerprint density at radius 3 is 3.08 bits per heavy atom. The standard InChI is InChI=1S/C9H13N3/c1-12(7-4-10)6-3-9-2-5-11-8-9/h2,5,8,11H,3,6-7H2,1H3. The highest BCUT2D eigenvalue weighted by atomic mass is 15.1. The molecule has 12 heavy (non-hydrogen) atoms. The topological polar surface area (TPSA) is 42.8 Å². The van der Waals surface area contributed by atoms with Crippen LogP contribution in [0.2, 0.25) is 0 Å². The Hall–Kier alpha value is -1.27. The van der Waals surface area contributed by atoms with Crippen molar-refractivity contribution in [1.82, 2.24) is 9.88 Å². The maximum Gasteiger partial charge on any atom is 0.0863 e. The van der Waals surface area contributed by atoms with Gasteiger partial charge in [-0.1, -0.05) is 0 Å². The minimum absolute atomic E-state index is 0.504. The third-order valence-corrected chi connectivity index (χ3v) is 1.79. The van der Waals surface area contributed by atoms with Gasteiger partial charge in [0.2, 0.25) is 0 Å². The van der Waals surface area contributed by atoms with Crippen LogP contribution in [0.15, 0.2) is 18.5 Å². The van der Waals surface area contributed by atoms with E-state index in [1.54, 1.807) is 0 Å². The summed E-state index contributed by atoms with van der Waals surface area (Å²) in [6.45, 7) is 1.44. The lowest BCUT2D eigenvalue weighted by Gasteiger charge is -2.10. The van der Waals surface area contributed by atoms with Crippen molar-refractivity contribution in [3.05, 3.63) is 24.0 Å². The molecule has 0 aliphatic heterocycles. The van der Waals surface area contributed by atoms with Gasteiger partial charge in [0.05, 0.1) is 12.6 Å². The maximum atomic E-state index is 8.40. The van der Waals surface area contributed by atoms with Crippen LogP contribution in [0.1, 0.15) is 5.56 Å². The van der Waals surface area contributed by atoms with Crippen molar-refractivity contribution < 1.29 is 0 Å². The lowest BCUT2D eigenvalue weighted by atomic mass is 10.2. The van der Waals surface area contributed by atoms with Crippen LogP contribution in [0.3, 0.4) is 0 Å². The van der Waals surface area contributed by atoms with E-state index >= 15 is 0 Å². The molecule has 1 N–H and O–H groups in total. The van der Waals surface area contributed by atoms with E-state index in [9.17, 15) is 0 Å². The van der Waals surface area contributed by atoms with Gasteiger partial charge < -0.3 is 4.98 Å². The summed E-state index contributed by atoms with van der Waals surface area (Å²) in [6.07, 6.45) is 4.90. The number of aromatic amines is 1. The van der Waals surface area contributed by atoms with Crippen molar-refractivity contribution in [1.29, 1.82) is 5.26 Å². The van der Waals surface area contributed by atoms with Gasteiger partial charge in [-0.3, -0.25) is 4.90 Å². The number of hydrogen-bond acceptors (Lipinski definition) is 2. The second kappa shape index (κ2) is 4.58. The highest BCUT2D eigenvalue weighted by Gasteiger charge is 1.97. The first-order valence-corrected chi connectivity index (χ1v) is 4.00. The number of H-pyrrole nitrogens is 1. The largest absolute Gasteiger partial charge is 0.367 e. The zero-order valence-electron chi connectivity index (χ0n) is 7.25. The van der Waals surface area contributed by atoms with Crippen molar-refractivity contribution >= 4 is 0 Å². The second-order valence-electron chi connectivity index (χ2n) is 2.87. The summed E-state index contributed by atoms with van der Waals surface area (Å²) < 4.78 is 0. The molecule has 0 bridgehead atoms. The van der Waals surface area contributed by atoms with E-state index < -0.39 is 0 Å². The molecule has 0 saturated carbocycles. The quantitative estimate of drug-likeness (QED) is 0.673. The lowest BCUT2D eigenvalue weighted by molar-refractivity contribution is 0.379. The summed E-state index contributed by atoms with van der Waals surface area (Å²) in [5.74, 6) is 0. The lowest BCUT2D eigenvalue weighted by Crippen LogP contribution is -2.21. The van der Waals surface area contributed by atoms with Crippen LogP contribution in [-0.4, -0.2) is 30.0 Å². The first-order chi connectivity index (χ1) is 5.83. The minimum Gasteiger partial charge on any atom is -0.367 e. The summed E-state index contributed by atoms with van der Waals surface area (Å²) in [4.78, 5) is 5.01. The molecule has 0 saturated heterocycles. The predicted octanol–water partition coefficient (Wildman–Crippen LogP) is 1.01. The molecule has 1 aromatic rings. The summed E-state index contributed by atoms with van der Waals surface area (Å²) in [6, 6.07) is 4.17. The molecular formula is C9H13N3. The zero-order valence-corrected chi connectivity index (χ0v) is 7.25. The molecule has 0 unspecified atom stereocenters. The molecule has 1 heterocycles. The third-order valence-electron chi connectivity index (χ3n) is 1.79. The molecule has 3 heteroatoms. The van der Waals surface area contributed by atoms with E-state index in [0.29, 0.717) is 6.54 Å². The van der Waals surface area contributed by atoms with Gasteiger partial charge in [0.1, 0.15) is 0 Å². The minimum atomic E-state index is 0.504. The number of aromatic nitrogens is 1. The highest BCUT2D eigenvalue weighted by molar-refractivity contribution is 5.08. The Morgan fingerprint density at radius 2 is 2.50 bits per heavy atom. The normalized spacial score (nSPS) is 10.1. The molecule has 0 aromatic carbocycles. The Bertz CT molecular complexity index is 245. The number of nitriles is 1. The summed E-state index contributed by atoms with van der Waals surface area (Å²) in [5.41, 5.74) is 1.29. The fourth-order valence-corrected chi connectivity index (χ4v) is 1.03. The smallest absolute Gasteiger partial charge is 0.0863 e. The van der Waals surface area contributed by atoms with Gasteiger partial charge in [-0.15, -0.1) is 0 Å². The summed E-state index contributed by atoms with van der Waals surface area (Å²) in [7, 11) is 1.95. The maximum absolute atomic E-state index is 8.40. The van der Waals surface area contributed by atoms with Crippen LogP contribution in [0.25, 0.3) is 0 Å². The average molecular weight is 163 g/mol. The molecule has 1 rings (SSSR count). The molecule has 64 valence electrons. The van der Waals surface area contributed by atoms with E-state index in [1.807, 2.05) is 24.3 Å². The van der Waals surface area contributed by atoms with Gasteiger partial charge in [0, 0.05) is 18.9 Å². The monoisotopic (exact) mass is 163 g/mol. The van der Waals surface area contributed by atoms with Crippen molar-refractivity contribution in [2.75, 3.05) is 20.1 Å². The van der Waals surface area contributed by atoms with Crippen LogP contribution in [0.5, 0.6) is 0 Å². The fourth-order valence-electron chi connectivity index (χ4n) is 1.03. The molecule has 3 nitrogen and oxygen atoms in total. The van der Waals surface area contributed by atoms with Crippen molar-refractivity contribution in [2.45, 2.75) is 6.42 Å². The number of rotatable bonds is 4. The van der Waals surface area contributed by atoms with Crippen LogP contribution < -0.4 is 0 Å². The summed E-state index contributed by atoms with van der Waals surface area (Å²) >= 11 is 0. The molecule has 0 aliphatic carbocycles. The number of likely N-dealkylation sites (N-methyl/N-ethyl adjacent to an activating group) is 1. The van der Waals surface area contributed by atoms with Crippen LogP contribution in [-0.2, 0) is 6.42 Å². The molecule has 0 fully saturated rings. The molecular weight excluding hydrogens is 150 g/mol. The van der Waals surface area contributed by atoms with Crippen molar-refractivity contribution in [2.24, 2.45) is 0 Å². The van der Waals surface area contributed by atoms with Crippen molar-refractivity contribution in [3.8, 4) is 6.07 Å². The molecule has 0 aliphatic rings. The van der Waals surface area contributed by atoms with Gasteiger partial charge in [-0.05, 0) is 25.1 Å². The first-order valence-electron chi connectivity index (χ1n) is 4.00. The number of hydrogen-bond donors (Lipinski definition) is 1. The Kier molecular flexibility index (Phi) is 3.36. The average Bonchev–Trinajstić information content (AvgIpc) is 2.53. The van der Waals surface area contributed by atoms with Gasteiger partial charge in [-0.2, -0.15) is 5.26 Å². The highest BCUT2D eigenvalue weighted by Crippen LogP contribution is 1.98. The van der Waals surface area contributed by atoms with E-state index in [0.717, 1.165) is 13.0 Å². The van der Waals surface area contributed by atoms with Crippen molar-refractivity contribution in [3.63, 3.8) is 0 Å².